The first-order valence-electron chi connectivity index (χ1n) is 8.34. The van der Waals surface area contributed by atoms with Crippen molar-refractivity contribution >= 4 is 22.5 Å². The number of amidine groups is 1. The van der Waals surface area contributed by atoms with Crippen LogP contribution in [0.2, 0.25) is 0 Å². The summed E-state index contributed by atoms with van der Waals surface area (Å²) in [7, 11) is 1.83. The molecule has 1 spiro atoms. The second-order valence-electron chi connectivity index (χ2n) is 6.85. The van der Waals surface area contributed by atoms with Crippen LogP contribution in [0.15, 0.2) is 24.3 Å². The van der Waals surface area contributed by atoms with Crippen LogP contribution in [-0.4, -0.2) is 24.1 Å². The summed E-state index contributed by atoms with van der Waals surface area (Å²) in [6.07, 6.45) is 8.55. The van der Waals surface area contributed by atoms with Gasteiger partial charge in [0.2, 0.25) is 0 Å². The summed E-state index contributed by atoms with van der Waals surface area (Å²) in [5, 5.41) is 7.63. The summed E-state index contributed by atoms with van der Waals surface area (Å²) in [6, 6.07) is 6.85. The molecule has 3 nitrogen and oxygen atoms in total. The van der Waals surface area contributed by atoms with Gasteiger partial charge in [0, 0.05) is 12.9 Å². The van der Waals surface area contributed by atoms with E-state index < -0.39 is 0 Å². The molecule has 0 aliphatic heterocycles. The van der Waals surface area contributed by atoms with Crippen molar-refractivity contribution in [3.63, 3.8) is 0 Å². The van der Waals surface area contributed by atoms with Gasteiger partial charge in [0.05, 0.1) is 6.10 Å². The van der Waals surface area contributed by atoms with Crippen molar-refractivity contribution in [2.45, 2.75) is 45.1 Å². The van der Waals surface area contributed by atoms with Crippen molar-refractivity contribution in [3.05, 3.63) is 41.0 Å². The van der Waals surface area contributed by atoms with Gasteiger partial charge in [-0.3, -0.25) is 5.41 Å². The summed E-state index contributed by atoms with van der Waals surface area (Å²) in [4.78, 5) is 0. The number of thioether (sulfide) groups is 1. The maximum atomic E-state index is 7.43. The maximum absolute atomic E-state index is 7.43. The number of allylic oxidation sites excluding steroid dienone is 1. The Morgan fingerprint density at radius 3 is 2.83 bits per heavy atom. The molecule has 1 aromatic carbocycles. The number of nitrogens with one attached hydrogen (secondary N) is 1. The predicted octanol–water partition coefficient (Wildman–Crippen LogP) is 4.14. The van der Waals surface area contributed by atoms with E-state index in [0.29, 0.717) is 6.10 Å². The zero-order valence-corrected chi connectivity index (χ0v) is 14.8. The molecule has 0 amide bonds. The van der Waals surface area contributed by atoms with E-state index in [9.17, 15) is 0 Å². The van der Waals surface area contributed by atoms with Gasteiger partial charge in [-0.1, -0.05) is 41.6 Å². The van der Waals surface area contributed by atoms with E-state index in [-0.39, 0.29) is 10.6 Å². The minimum Gasteiger partial charge on any atom is -0.381 e. The highest BCUT2D eigenvalue weighted by molar-refractivity contribution is 8.13. The number of hydrogen-bond acceptors (Lipinski definition) is 3. The average Bonchev–Trinajstić information content (AvgIpc) is 2.81. The highest BCUT2D eigenvalue weighted by Gasteiger charge is 2.43. The summed E-state index contributed by atoms with van der Waals surface area (Å²) in [5.74, 6) is 0.785. The van der Waals surface area contributed by atoms with Gasteiger partial charge in [0.15, 0.2) is 5.17 Å². The Labute approximate surface area is 143 Å². The van der Waals surface area contributed by atoms with E-state index in [1.807, 2.05) is 7.11 Å². The van der Waals surface area contributed by atoms with Crippen LogP contribution in [0.4, 0.5) is 0 Å². The van der Waals surface area contributed by atoms with Gasteiger partial charge in [-0.15, -0.1) is 0 Å². The Morgan fingerprint density at radius 1 is 1.43 bits per heavy atom. The molecular weight excluding hydrogens is 304 g/mol. The predicted molar refractivity (Wildman–Crippen MR) is 98.9 cm³/mol. The van der Waals surface area contributed by atoms with Crippen molar-refractivity contribution in [2.75, 3.05) is 12.9 Å². The van der Waals surface area contributed by atoms with Gasteiger partial charge < -0.3 is 10.5 Å². The van der Waals surface area contributed by atoms with Gasteiger partial charge in [-0.25, -0.2) is 0 Å². The molecule has 0 unspecified atom stereocenters. The van der Waals surface area contributed by atoms with E-state index in [1.165, 1.54) is 46.9 Å². The van der Waals surface area contributed by atoms with Gasteiger partial charge >= 0.3 is 0 Å². The van der Waals surface area contributed by atoms with Crippen LogP contribution >= 0.6 is 11.8 Å². The lowest BCUT2D eigenvalue weighted by molar-refractivity contribution is 0.0447. The fraction of sp³-hybridized carbons (Fsp3) is 0.526. The van der Waals surface area contributed by atoms with E-state index in [2.05, 4.69) is 31.2 Å². The van der Waals surface area contributed by atoms with Crippen LogP contribution in [0, 0.1) is 17.7 Å². The lowest BCUT2D eigenvalue weighted by Crippen LogP contribution is -2.30. The van der Waals surface area contributed by atoms with Gasteiger partial charge in [0.25, 0.3) is 0 Å². The third-order valence-corrected chi connectivity index (χ3v) is 6.05. The number of hydrogen-bond donors (Lipinski definition) is 2. The molecule has 1 fully saturated rings. The first kappa shape index (κ1) is 16.6. The van der Waals surface area contributed by atoms with E-state index >= 15 is 0 Å². The number of nitrogens with two attached hydrogens (primary N) is 1. The fourth-order valence-corrected chi connectivity index (χ4v) is 4.64. The second kappa shape index (κ2) is 6.70. The molecule has 3 N–H and O–H groups in total. The van der Waals surface area contributed by atoms with Crippen molar-refractivity contribution in [1.82, 2.24) is 0 Å². The van der Waals surface area contributed by atoms with Crippen LogP contribution < -0.4 is 5.73 Å². The molecule has 0 bridgehead atoms. The number of rotatable bonds is 3. The molecule has 0 aromatic heterocycles. The Morgan fingerprint density at radius 2 is 2.17 bits per heavy atom. The molecular formula is C19H26N2OS. The maximum Gasteiger partial charge on any atom is 0.151 e. The molecule has 0 radical (unpaired) electrons. The summed E-state index contributed by atoms with van der Waals surface area (Å²) in [6.45, 7) is 2.16. The van der Waals surface area contributed by atoms with Crippen molar-refractivity contribution in [1.29, 1.82) is 5.41 Å². The van der Waals surface area contributed by atoms with Crippen molar-refractivity contribution < 1.29 is 4.74 Å². The SMILES string of the molecule is COC1CCC2(CC1)Cc1ccc(C)cc1C2=CCSC(=N)N. The fourth-order valence-electron chi connectivity index (χ4n) is 4.21. The molecule has 2 aliphatic carbocycles. The molecule has 4 heteroatoms. The average molecular weight is 330 g/mol. The smallest absolute Gasteiger partial charge is 0.151 e. The lowest BCUT2D eigenvalue weighted by Gasteiger charge is -2.38. The topological polar surface area (TPSA) is 59.1 Å². The number of aryl methyl sites for hydroxylation is 1. The molecule has 0 saturated heterocycles. The van der Waals surface area contributed by atoms with Crippen LogP contribution in [0.5, 0.6) is 0 Å². The summed E-state index contributed by atoms with van der Waals surface area (Å²) >= 11 is 1.41. The van der Waals surface area contributed by atoms with Gasteiger partial charge in [0.1, 0.15) is 0 Å². The second-order valence-corrected chi connectivity index (χ2v) is 7.91. The largest absolute Gasteiger partial charge is 0.381 e. The number of fused-ring (bicyclic) bond motifs is 1. The van der Waals surface area contributed by atoms with Crippen LogP contribution in [0.3, 0.4) is 0 Å². The number of benzene rings is 1. The molecule has 124 valence electrons. The minimum atomic E-state index is 0.196. The van der Waals surface area contributed by atoms with Gasteiger partial charge in [-0.2, -0.15) is 0 Å². The monoisotopic (exact) mass is 330 g/mol. The van der Waals surface area contributed by atoms with Crippen LogP contribution in [-0.2, 0) is 11.2 Å². The Bertz CT molecular complexity index is 630. The normalized spacial score (nSPS) is 28.3. The highest BCUT2D eigenvalue weighted by atomic mass is 32.2. The zero-order valence-electron chi connectivity index (χ0n) is 14.0. The number of methoxy groups -OCH3 is 1. The van der Waals surface area contributed by atoms with Crippen molar-refractivity contribution in [3.8, 4) is 0 Å². The molecule has 0 heterocycles. The van der Waals surface area contributed by atoms with E-state index in [1.54, 1.807) is 0 Å². The lowest BCUT2D eigenvalue weighted by atomic mass is 9.68. The Kier molecular flexibility index (Phi) is 4.83. The zero-order chi connectivity index (χ0) is 16.4. The first-order valence-corrected chi connectivity index (χ1v) is 9.33. The van der Waals surface area contributed by atoms with E-state index in [0.717, 1.165) is 25.0 Å². The first-order chi connectivity index (χ1) is 11.0. The minimum absolute atomic E-state index is 0.196. The molecule has 23 heavy (non-hydrogen) atoms. The molecule has 1 aromatic rings. The van der Waals surface area contributed by atoms with Crippen LogP contribution in [0.1, 0.15) is 42.4 Å². The molecule has 0 atom stereocenters. The molecule has 2 aliphatic rings. The third-order valence-electron chi connectivity index (χ3n) is 5.41. The van der Waals surface area contributed by atoms with Crippen molar-refractivity contribution in [2.24, 2.45) is 11.1 Å². The Balaban J connectivity index is 1.91. The standard InChI is InChI=1S/C19H26N2OS/c1-13-3-4-14-12-19(8-5-15(22-2)6-9-19)17(16(14)11-13)7-10-23-18(20)21/h3-4,7,11,15H,5-6,8-10,12H2,1-2H3,(H3,20,21). The number of ether oxygens (including phenoxy) is 1. The Hall–Kier alpha value is -1.26. The highest BCUT2D eigenvalue weighted by Crippen LogP contribution is 2.55. The quantitative estimate of drug-likeness (QED) is 0.647. The van der Waals surface area contributed by atoms with Crippen LogP contribution in [0.25, 0.3) is 5.57 Å². The summed E-state index contributed by atoms with van der Waals surface area (Å²) in [5.41, 5.74) is 11.5. The van der Waals surface area contributed by atoms with E-state index in [4.69, 9.17) is 15.9 Å². The molecule has 1 saturated carbocycles. The molecule has 3 rings (SSSR count). The third kappa shape index (κ3) is 3.33. The van der Waals surface area contributed by atoms with Gasteiger partial charge in [-0.05, 0) is 61.1 Å². The summed E-state index contributed by atoms with van der Waals surface area (Å²) < 4.78 is 5.57.